The van der Waals surface area contributed by atoms with Gasteiger partial charge in [0.25, 0.3) is 0 Å². The zero-order valence-corrected chi connectivity index (χ0v) is 6.60. The van der Waals surface area contributed by atoms with Crippen LogP contribution in [0.25, 0.3) is 0 Å². The molecule has 0 radical (unpaired) electrons. The van der Waals surface area contributed by atoms with Crippen molar-refractivity contribution in [3.05, 3.63) is 0 Å². The van der Waals surface area contributed by atoms with Gasteiger partial charge in [-0.3, -0.25) is 9.69 Å². The average Bonchev–Trinajstić information content (AvgIpc) is 2.31. The van der Waals surface area contributed by atoms with E-state index in [0.717, 1.165) is 19.4 Å². The molecule has 0 aromatic carbocycles. The van der Waals surface area contributed by atoms with Crippen LogP contribution in [0.15, 0.2) is 0 Å². The first kappa shape index (κ1) is 7.97. The fourth-order valence-electron chi connectivity index (χ4n) is 1.68. The monoisotopic (exact) mass is 173 g/mol. The molecule has 1 N–H and O–H groups in total. The Labute approximate surface area is 69.8 Å². The smallest absolute Gasteiger partial charge is 0.320 e. The van der Waals surface area contributed by atoms with Crippen LogP contribution in [-0.4, -0.2) is 41.4 Å². The third-order valence-corrected chi connectivity index (χ3v) is 2.34. The summed E-state index contributed by atoms with van der Waals surface area (Å²) in [6, 6.07) is -0.376. The summed E-state index contributed by atoms with van der Waals surface area (Å²) in [5.41, 5.74) is 0. The standard InChI is InChI=1S/C7H11NO4/c9-7(10)5-2-1-3-8(5)6-4-11-12-6/h5-6H,1-4H2,(H,9,10)/t5-,6?/m0/s1. The molecule has 2 saturated heterocycles. The SMILES string of the molecule is O=C(O)[C@@H]1CCCN1C1COO1. The molecule has 0 bridgehead atoms. The van der Waals surface area contributed by atoms with Gasteiger partial charge in [0.15, 0.2) is 6.23 Å². The van der Waals surface area contributed by atoms with Crippen LogP contribution in [0.1, 0.15) is 12.8 Å². The minimum absolute atomic E-state index is 0.131. The van der Waals surface area contributed by atoms with Gasteiger partial charge in [-0.2, -0.15) is 0 Å². The van der Waals surface area contributed by atoms with Gasteiger partial charge in [-0.05, 0) is 12.8 Å². The molecular formula is C7H11NO4. The lowest BCUT2D eigenvalue weighted by Gasteiger charge is -2.34. The third-order valence-electron chi connectivity index (χ3n) is 2.34. The first-order valence-electron chi connectivity index (χ1n) is 4.06. The van der Waals surface area contributed by atoms with Crippen LogP contribution in [0.5, 0.6) is 0 Å². The van der Waals surface area contributed by atoms with E-state index in [0.29, 0.717) is 6.61 Å². The number of nitrogens with zero attached hydrogens (tertiary/aromatic N) is 1. The summed E-state index contributed by atoms with van der Waals surface area (Å²) in [4.78, 5) is 21.9. The summed E-state index contributed by atoms with van der Waals surface area (Å²) >= 11 is 0. The maximum Gasteiger partial charge on any atom is 0.320 e. The van der Waals surface area contributed by atoms with Crippen LogP contribution in [-0.2, 0) is 14.6 Å². The number of rotatable bonds is 2. The Bertz CT molecular complexity index is 192. The lowest BCUT2D eigenvalue weighted by molar-refractivity contribution is -0.455. The van der Waals surface area contributed by atoms with Crippen LogP contribution in [0.2, 0.25) is 0 Å². The van der Waals surface area contributed by atoms with Crippen molar-refractivity contribution in [1.29, 1.82) is 0 Å². The normalized spacial score (nSPS) is 36.3. The third kappa shape index (κ3) is 1.20. The van der Waals surface area contributed by atoms with Crippen molar-refractivity contribution in [3.8, 4) is 0 Å². The van der Waals surface area contributed by atoms with E-state index in [1.165, 1.54) is 0 Å². The van der Waals surface area contributed by atoms with Gasteiger partial charge in [-0.15, -0.1) is 0 Å². The molecule has 12 heavy (non-hydrogen) atoms. The Morgan fingerprint density at radius 1 is 1.58 bits per heavy atom. The molecule has 0 saturated carbocycles. The average molecular weight is 173 g/mol. The van der Waals surface area contributed by atoms with Gasteiger partial charge >= 0.3 is 5.97 Å². The summed E-state index contributed by atoms with van der Waals surface area (Å²) in [5, 5.41) is 8.81. The fraction of sp³-hybridized carbons (Fsp3) is 0.857. The minimum Gasteiger partial charge on any atom is -0.480 e. The summed E-state index contributed by atoms with van der Waals surface area (Å²) in [5.74, 6) is -0.761. The highest BCUT2D eigenvalue weighted by molar-refractivity contribution is 5.73. The van der Waals surface area contributed by atoms with Gasteiger partial charge in [0.05, 0.1) is 0 Å². The lowest BCUT2D eigenvalue weighted by atomic mass is 10.2. The van der Waals surface area contributed by atoms with Gasteiger partial charge in [0.2, 0.25) is 0 Å². The molecule has 2 aliphatic rings. The highest BCUT2D eigenvalue weighted by Gasteiger charge is 2.39. The van der Waals surface area contributed by atoms with Crippen molar-refractivity contribution in [2.75, 3.05) is 13.2 Å². The van der Waals surface area contributed by atoms with E-state index < -0.39 is 5.97 Å². The zero-order valence-electron chi connectivity index (χ0n) is 6.60. The summed E-state index contributed by atoms with van der Waals surface area (Å²) in [7, 11) is 0. The molecule has 2 heterocycles. The number of carboxylic acids is 1. The van der Waals surface area contributed by atoms with E-state index in [9.17, 15) is 4.79 Å². The number of likely N-dealkylation sites (tertiary alicyclic amines) is 1. The Morgan fingerprint density at radius 3 is 2.83 bits per heavy atom. The van der Waals surface area contributed by atoms with E-state index in [1.54, 1.807) is 0 Å². The zero-order chi connectivity index (χ0) is 8.55. The predicted octanol–water partition coefficient (Wildman–Crippen LogP) is -0.177. The van der Waals surface area contributed by atoms with E-state index in [4.69, 9.17) is 9.99 Å². The summed E-state index contributed by atoms with van der Waals surface area (Å²) < 4.78 is 0. The lowest BCUT2D eigenvalue weighted by Crippen LogP contribution is -2.51. The predicted molar refractivity (Wildman–Crippen MR) is 38.2 cm³/mol. The molecular weight excluding hydrogens is 162 g/mol. The molecule has 5 nitrogen and oxygen atoms in total. The van der Waals surface area contributed by atoms with Gasteiger partial charge in [0, 0.05) is 6.54 Å². The molecule has 0 spiro atoms. The number of hydrogen-bond acceptors (Lipinski definition) is 4. The second-order valence-corrected chi connectivity index (χ2v) is 3.07. The van der Waals surface area contributed by atoms with Crippen molar-refractivity contribution in [1.82, 2.24) is 4.90 Å². The number of aliphatic carboxylic acids is 1. The van der Waals surface area contributed by atoms with Gasteiger partial charge < -0.3 is 5.11 Å². The summed E-state index contributed by atoms with van der Waals surface area (Å²) in [6.07, 6.45) is 1.51. The van der Waals surface area contributed by atoms with Crippen LogP contribution in [0.3, 0.4) is 0 Å². The Balaban J connectivity index is 1.98. The molecule has 0 amide bonds. The number of carbonyl (C=O) groups is 1. The molecule has 5 heteroatoms. The van der Waals surface area contributed by atoms with Gasteiger partial charge in [-0.25, -0.2) is 9.78 Å². The van der Waals surface area contributed by atoms with Crippen LogP contribution < -0.4 is 0 Å². The molecule has 1 unspecified atom stereocenters. The van der Waals surface area contributed by atoms with Gasteiger partial charge in [-0.1, -0.05) is 0 Å². The number of carboxylic acid groups (broad SMARTS) is 1. The highest BCUT2D eigenvalue weighted by Crippen LogP contribution is 2.24. The quantitative estimate of drug-likeness (QED) is 0.587. The molecule has 68 valence electrons. The Hall–Kier alpha value is -0.650. The Morgan fingerprint density at radius 2 is 2.33 bits per heavy atom. The largest absolute Gasteiger partial charge is 0.480 e. The maximum absolute atomic E-state index is 10.7. The van der Waals surface area contributed by atoms with E-state index >= 15 is 0 Å². The highest BCUT2D eigenvalue weighted by atomic mass is 17.2. The fourth-order valence-corrected chi connectivity index (χ4v) is 1.68. The second kappa shape index (κ2) is 3.01. The molecule has 0 aliphatic carbocycles. The van der Waals surface area contributed by atoms with Crippen LogP contribution in [0.4, 0.5) is 0 Å². The van der Waals surface area contributed by atoms with Crippen molar-refractivity contribution in [3.63, 3.8) is 0 Å². The van der Waals surface area contributed by atoms with Crippen LogP contribution in [0, 0.1) is 0 Å². The minimum atomic E-state index is -0.761. The topological polar surface area (TPSA) is 59.0 Å². The second-order valence-electron chi connectivity index (χ2n) is 3.07. The molecule has 2 rings (SSSR count). The van der Waals surface area contributed by atoms with Crippen molar-refractivity contribution < 1.29 is 19.7 Å². The molecule has 2 aliphatic heterocycles. The van der Waals surface area contributed by atoms with Gasteiger partial charge in [0.1, 0.15) is 12.6 Å². The maximum atomic E-state index is 10.7. The van der Waals surface area contributed by atoms with E-state index in [-0.39, 0.29) is 12.3 Å². The van der Waals surface area contributed by atoms with Crippen molar-refractivity contribution >= 4 is 5.97 Å². The first-order chi connectivity index (χ1) is 5.79. The number of hydrogen-bond donors (Lipinski definition) is 1. The summed E-state index contributed by atoms with van der Waals surface area (Å²) in [6.45, 7) is 1.29. The molecule has 2 fully saturated rings. The Kier molecular flexibility index (Phi) is 2.00. The van der Waals surface area contributed by atoms with Crippen LogP contribution >= 0.6 is 0 Å². The molecule has 0 aromatic rings. The van der Waals surface area contributed by atoms with Crippen molar-refractivity contribution in [2.45, 2.75) is 25.1 Å². The molecule has 2 atom stereocenters. The van der Waals surface area contributed by atoms with Crippen molar-refractivity contribution in [2.24, 2.45) is 0 Å². The molecule has 0 aromatic heterocycles. The van der Waals surface area contributed by atoms with E-state index in [2.05, 4.69) is 4.89 Å². The first-order valence-corrected chi connectivity index (χ1v) is 4.06. The van der Waals surface area contributed by atoms with E-state index in [1.807, 2.05) is 4.90 Å².